The van der Waals surface area contributed by atoms with Gasteiger partial charge in [0.25, 0.3) is 11.5 Å². The van der Waals surface area contributed by atoms with Crippen molar-refractivity contribution in [3.63, 3.8) is 0 Å². The van der Waals surface area contributed by atoms with Gasteiger partial charge in [0.05, 0.1) is 29.2 Å². The first kappa shape index (κ1) is 17.3. The molecule has 0 saturated heterocycles. The number of pyridine rings is 1. The topological polar surface area (TPSA) is 117 Å². The highest BCUT2D eigenvalue weighted by molar-refractivity contribution is 6.03. The number of nitrogens with one attached hydrogen (secondary N) is 1. The quantitative estimate of drug-likeness (QED) is 0.555. The number of rotatable bonds is 3. The second kappa shape index (κ2) is 6.58. The molecule has 10 nitrogen and oxygen atoms in total. The minimum absolute atomic E-state index is 0.109. The number of carbonyl (C=O) groups excluding carboxylic acids is 1. The Morgan fingerprint density at radius 3 is 2.54 bits per heavy atom. The molecule has 0 spiro atoms. The molecule has 0 atom stereocenters. The molecule has 1 amide bonds. The smallest absolute Gasteiger partial charge is 0.319 e. The van der Waals surface area contributed by atoms with Crippen LogP contribution >= 0.6 is 0 Å². The van der Waals surface area contributed by atoms with E-state index in [1.165, 1.54) is 41.9 Å². The zero-order chi connectivity index (χ0) is 19.8. The third-order valence-electron chi connectivity index (χ3n) is 4.26. The summed E-state index contributed by atoms with van der Waals surface area (Å²) < 4.78 is 2.26. The van der Waals surface area contributed by atoms with Gasteiger partial charge in [0.2, 0.25) is 0 Å². The van der Waals surface area contributed by atoms with Crippen molar-refractivity contribution < 1.29 is 4.79 Å². The van der Waals surface area contributed by atoms with E-state index in [9.17, 15) is 14.4 Å². The molecular formula is C18H15N7O3. The fourth-order valence-corrected chi connectivity index (χ4v) is 2.78. The molecule has 0 aliphatic carbocycles. The number of para-hydroxylation sites is 1. The lowest BCUT2D eigenvalue weighted by Crippen LogP contribution is -2.37. The number of nitrogens with zero attached hydrogens (tertiary/aromatic N) is 6. The highest BCUT2D eigenvalue weighted by Gasteiger charge is 2.14. The van der Waals surface area contributed by atoms with Gasteiger partial charge in [-0.2, -0.15) is 9.90 Å². The summed E-state index contributed by atoms with van der Waals surface area (Å²) in [5, 5.41) is 11.1. The molecule has 140 valence electrons. The fourth-order valence-electron chi connectivity index (χ4n) is 2.78. The average Bonchev–Trinajstić information content (AvgIpc) is 3.22. The van der Waals surface area contributed by atoms with Gasteiger partial charge >= 0.3 is 5.69 Å². The molecule has 3 aromatic heterocycles. The van der Waals surface area contributed by atoms with E-state index < -0.39 is 17.2 Å². The number of fused-ring (bicyclic) bond motifs is 1. The first-order chi connectivity index (χ1) is 13.5. The first-order valence-electron chi connectivity index (χ1n) is 8.30. The summed E-state index contributed by atoms with van der Waals surface area (Å²) >= 11 is 0. The number of anilines is 1. The Morgan fingerprint density at radius 1 is 1.04 bits per heavy atom. The zero-order valence-corrected chi connectivity index (χ0v) is 15.0. The van der Waals surface area contributed by atoms with E-state index in [4.69, 9.17) is 0 Å². The second-order valence-electron chi connectivity index (χ2n) is 6.11. The van der Waals surface area contributed by atoms with Crippen molar-refractivity contribution in [1.29, 1.82) is 0 Å². The molecule has 0 unspecified atom stereocenters. The van der Waals surface area contributed by atoms with Gasteiger partial charge in [0.1, 0.15) is 5.65 Å². The van der Waals surface area contributed by atoms with Crippen LogP contribution in [0.4, 0.5) is 5.69 Å². The molecule has 1 aromatic carbocycles. The predicted molar refractivity (Wildman–Crippen MR) is 102 cm³/mol. The maximum atomic E-state index is 12.5. The van der Waals surface area contributed by atoms with E-state index in [2.05, 4.69) is 20.5 Å². The molecule has 4 aromatic rings. The SMILES string of the molecule is Cn1c(=O)c2cc(NC(=O)c3cnn(-c4ccccc4)n3)cnc2n(C)c1=O. The molecule has 0 aliphatic heterocycles. The Morgan fingerprint density at radius 2 is 1.79 bits per heavy atom. The standard InChI is InChI=1S/C18H15N7O3/c1-23-15-13(17(27)24(2)18(23)28)8-11(9-19-15)21-16(26)14-10-20-25(22-14)12-6-4-3-5-7-12/h3-10H,1-2H3,(H,21,26). The molecular weight excluding hydrogens is 362 g/mol. The summed E-state index contributed by atoms with van der Waals surface area (Å²) in [4.78, 5) is 42.3. The maximum absolute atomic E-state index is 12.5. The molecule has 0 saturated carbocycles. The van der Waals surface area contributed by atoms with Crippen LogP contribution in [0, 0.1) is 0 Å². The van der Waals surface area contributed by atoms with E-state index in [-0.39, 0.29) is 16.7 Å². The van der Waals surface area contributed by atoms with Gasteiger partial charge in [-0.15, -0.1) is 5.10 Å². The number of amides is 1. The average molecular weight is 377 g/mol. The fraction of sp³-hybridized carbons (Fsp3) is 0.111. The van der Waals surface area contributed by atoms with Crippen LogP contribution in [-0.4, -0.2) is 35.0 Å². The van der Waals surface area contributed by atoms with Gasteiger partial charge in [-0.05, 0) is 18.2 Å². The second-order valence-corrected chi connectivity index (χ2v) is 6.11. The minimum Gasteiger partial charge on any atom is -0.319 e. The maximum Gasteiger partial charge on any atom is 0.332 e. The van der Waals surface area contributed by atoms with Crippen molar-refractivity contribution in [2.45, 2.75) is 0 Å². The third kappa shape index (κ3) is 2.86. The molecule has 0 aliphatic rings. The Kier molecular flexibility index (Phi) is 4.07. The van der Waals surface area contributed by atoms with E-state index in [1.54, 1.807) is 0 Å². The van der Waals surface area contributed by atoms with Gasteiger partial charge in [-0.3, -0.25) is 18.7 Å². The highest BCUT2D eigenvalue weighted by Crippen LogP contribution is 2.13. The Bertz CT molecular complexity index is 1320. The van der Waals surface area contributed by atoms with Crippen molar-refractivity contribution in [2.75, 3.05) is 5.32 Å². The third-order valence-corrected chi connectivity index (χ3v) is 4.26. The number of carbonyl (C=O) groups is 1. The molecule has 4 rings (SSSR count). The normalized spacial score (nSPS) is 10.9. The lowest BCUT2D eigenvalue weighted by atomic mass is 10.3. The number of hydrogen-bond acceptors (Lipinski definition) is 6. The van der Waals surface area contributed by atoms with Gasteiger partial charge in [-0.1, -0.05) is 18.2 Å². The summed E-state index contributed by atoms with van der Waals surface area (Å²) in [5.74, 6) is -0.495. The van der Waals surface area contributed by atoms with Crippen LogP contribution in [-0.2, 0) is 14.1 Å². The monoisotopic (exact) mass is 377 g/mol. The van der Waals surface area contributed by atoms with Gasteiger partial charge in [0, 0.05) is 14.1 Å². The molecule has 3 heterocycles. The number of aryl methyl sites for hydroxylation is 1. The van der Waals surface area contributed by atoms with Crippen molar-refractivity contribution >= 4 is 22.6 Å². The van der Waals surface area contributed by atoms with Crippen LogP contribution in [0.2, 0.25) is 0 Å². The molecule has 0 bridgehead atoms. The molecule has 0 radical (unpaired) electrons. The minimum atomic E-state index is -0.495. The number of aromatic nitrogens is 6. The largest absolute Gasteiger partial charge is 0.332 e. The van der Waals surface area contributed by atoms with Crippen molar-refractivity contribution in [2.24, 2.45) is 14.1 Å². The predicted octanol–water partition coefficient (Wildman–Crippen LogP) is 0.465. The lowest BCUT2D eigenvalue weighted by Gasteiger charge is -2.08. The summed E-state index contributed by atoms with van der Waals surface area (Å²) in [5.41, 5.74) is 0.412. The molecule has 10 heteroatoms. The zero-order valence-electron chi connectivity index (χ0n) is 15.0. The Hall–Kier alpha value is -4.08. The summed E-state index contributed by atoms with van der Waals surface area (Å²) in [7, 11) is 2.91. The van der Waals surface area contributed by atoms with E-state index >= 15 is 0 Å². The van der Waals surface area contributed by atoms with Crippen molar-refractivity contribution in [3.05, 3.63) is 75.3 Å². The Balaban J connectivity index is 1.65. The first-order valence-corrected chi connectivity index (χ1v) is 8.30. The van der Waals surface area contributed by atoms with Crippen LogP contribution in [0.15, 0.2) is 58.4 Å². The van der Waals surface area contributed by atoms with E-state index in [1.807, 2.05) is 30.3 Å². The van der Waals surface area contributed by atoms with Gasteiger partial charge in [0.15, 0.2) is 5.69 Å². The van der Waals surface area contributed by atoms with Crippen LogP contribution in [0.25, 0.3) is 16.7 Å². The summed E-state index contributed by atoms with van der Waals surface area (Å²) in [6.45, 7) is 0. The van der Waals surface area contributed by atoms with Crippen LogP contribution in [0.3, 0.4) is 0 Å². The van der Waals surface area contributed by atoms with E-state index in [0.717, 1.165) is 10.3 Å². The van der Waals surface area contributed by atoms with E-state index in [0.29, 0.717) is 5.69 Å². The van der Waals surface area contributed by atoms with Crippen LogP contribution < -0.4 is 16.6 Å². The van der Waals surface area contributed by atoms with Crippen LogP contribution in [0.5, 0.6) is 0 Å². The molecule has 0 fully saturated rings. The highest BCUT2D eigenvalue weighted by atomic mass is 16.2. The van der Waals surface area contributed by atoms with Crippen molar-refractivity contribution in [1.82, 2.24) is 29.1 Å². The number of hydrogen-bond donors (Lipinski definition) is 1. The molecule has 28 heavy (non-hydrogen) atoms. The lowest BCUT2D eigenvalue weighted by molar-refractivity contribution is 0.102. The molecule has 1 N–H and O–H groups in total. The van der Waals surface area contributed by atoms with Gasteiger partial charge in [-0.25, -0.2) is 9.78 Å². The summed E-state index contributed by atoms with van der Waals surface area (Å²) in [6.07, 6.45) is 2.72. The number of benzene rings is 1. The van der Waals surface area contributed by atoms with Crippen molar-refractivity contribution in [3.8, 4) is 5.69 Å². The Labute approximate surface area is 157 Å². The summed E-state index contributed by atoms with van der Waals surface area (Å²) in [6, 6.07) is 10.7. The van der Waals surface area contributed by atoms with Gasteiger partial charge < -0.3 is 5.32 Å². The van der Waals surface area contributed by atoms with Crippen LogP contribution in [0.1, 0.15) is 10.5 Å².